The van der Waals surface area contributed by atoms with Gasteiger partial charge in [-0.3, -0.25) is 4.79 Å². The molecule has 0 aliphatic carbocycles. The van der Waals surface area contributed by atoms with E-state index in [1.807, 2.05) is 23.1 Å². The van der Waals surface area contributed by atoms with Gasteiger partial charge in [-0.15, -0.1) is 0 Å². The highest BCUT2D eigenvalue weighted by Gasteiger charge is 2.24. The Morgan fingerprint density at radius 3 is 2.40 bits per heavy atom. The Kier molecular flexibility index (Phi) is 6.77. The van der Waals surface area contributed by atoms with Gasteiger partial charge in [-0.25, -0.2) is 4.39 Å². The topological polar surface area (TPSA) is 65.4 Å². The zero-order chi connectivity index (χ0) is 24.7. The molecule has 3 N–H and O–H groups in total. The van der Waals surface area contributed by atoms with Gasteiger partial charge in [0.1, 0.15) is 11.5 Å². The van der Waals surface area contributed by atoms with Gasteiger partial charge in [-0.1, -0.05) is 46.6 Å². The fourth-order valence-corrected chi connectivity index (χ4v) is 5.90. The average molecular weight is 550 g/mol. The second-order valence-electron chi connectivity index (χ2n) is 8.21. The summed E-state index contributed by atoms with van der Waals surface area (Å²) in [4.78, 5) is 22.0. The van der Waals surface area contributed by atoms with Crippen molar-refractivity contribution in [3.05, 3.63) is 81.2 Å². The molecule has 1 amide bonds. The summed E-state index contributed by atoms with van der Waals surface area (Å²) in [6.45, 7) is 2.22. The zero-order valence-electron chi connectivity index (χ0n) is 18.3. The third kappa shape index (κ3) is 5.05. The summed E-state index contributed by atoms with van der Waals surface area (Å²) in [6.07, 6.45) is 0. The Hall–Kier alpha value is -2.58. The Morgan fingerprint density at radius 1 is 0.914 bits per heavy atom. The highest BCUT2D eigenvalue weighted by Crippen LogP contribution is 2.40. The predicted octanol–water partition coefficient (Wildman–Crippen LogP) is 6.96. The van der Waals surface area contributed by atoms with Crippen LogP contribution in [0.2, 0.25) is 15.1 Å². The minimum Gasteiger partial charge on any atom is -0.396 e. The van der Waals surface area contributed by atoms with E-state index in [4.69, 9.17) is 40.5 Å². The smallest absolute Gasteiger partial charge is 0.270 e. The molecule has 0 atom stereocenters. The van der Waals surface area contributed by atoms with Crippen LogP contribution in [0.3, 0.4) is 0 Å². The van der Waals surface area contributed by atoms with E-state index in [2.05, 4.69) is 4.98 Å². The lowest BCUT2D eigenvalue weighted by Crippen LogP contribution is -2.48. The molecule has 5 rings (SSSR count). The number of nitrogens with two attached hydrogens (primary N) is 1. The molecule has 3 aromatic carbocycles. The molecule has 1 saturated heterocycles. The van der Waals surface area contributed by atoms with Crippen molar-refractivity contribution in [1.29, 1.82) is 0 Å². The van der Waals surface area contributed by atoms with Gasteiger partial charge < -0.3 is 20.5 Å². The first-order chi connectivity index (χ1) is 16.8. The van der Waals surface area contributed by atoms with E-state index in [-0.39, 0.29) is 11.6 Å². The zero-order valence-corrected chi connectivity index (χ0v) is 21.4. The number of carbonyl (C=O) groups excluding carboxylic acids is 1. The highest BCUT2D eigenvalue weighted by atomic mass is 35.5. The van der Waals surface area contributed by atoms with Crippen molar-refractivity contribution >= 4 is 74.7 Å². The Balaban J connectivity index is 1.35. The fourth-order valence-electron chi connectivity index (χ4n) is 4.10. The summed E-state index contributed by atoms with van der Waals surface area (Å²) in [5.74, 6) is -0.535. The standard InChI is InChI=1S/C25H20Cl3FN4OS/c26-14-1-4-23(18(28)9-14)35-24-11-15(27)10-21-17(24)13-22(31-21)25(34)33-7-5-32(6-8-33)16-2-3-20(30)19(29)12-16/h1-4,9-13,31H,5-8,30H2. The molecule has 0 spiro atoms. The monoisotopic (exact) mass is 548 g/mol. The third-order valence-corrected chi connectivity index (χ3v) is 7.94. The van der Waals surface area contributed by atoms with Crippen molar-refractivity contribution < 1.29 is 9.18 Å². The minimum absolute atomic E-state index is 0.0964. The van der Waals surface area contributed by atoms with Gasteiger partial charge in [0, 0.05) is 62.6 Å². The number of fused-ring (bicyclic) bond motifs is 1. The van der Waals surface area contributed by atoms with Gasteiger partial charge in [-0.05, 0) is 54.6 Å². The molecular formula is C25H20Cl3FN4OS. The largest absolute Gasteiger partial charge is 0.396 e. The van der Waals surface area contributed by atoms with E-state index in [0.29, 0.717) is 46.9 Å². The fraction of sp³-hybridized carbons (Fsp3) is 0.160. The highest BCUT2D eigenvalue weighted by molar-refractivity contribution is 7.99. The molecule has 4 aromatic rings. The molecule has 1 aromatic heterocycles. The summed E-state index contributed by atoms with van der Waals surface area (Å²) in [5.41, 5.74) is 7.71. The number of aromatic amines is 1. The van der Waals surface area contributed by atoms with Crippen molar-refractivity contribution in [2.45, 2.75) is 9.79 Å². The number of halogens is 4. The molecule has 0 bridgehead atoms. The second kappa shape index (κ2) is 9.82. The van der Waals surface area contributed by atoms with E-state index in [0.717, 1.165) is 26.4 Å². The lowest BCUT2D eigenvalue weighted by molar-refractivity contribution is 0.0742. The average Bonchev–Trinajstić information content (AvgIpc) is 3.26. The molecule has 1 aliphatic heterocycles. The number of piperazine rings is 1. The van der Waals surface area contributed by atoms with Crippen molar-refractivity contribution in [2.75, 3.05) is 36.8 Å². The third-order valence-electron chi connectivity index (χ3n) is 5.93. The SMILES string of the molecule is Nc1ccc(N2CCN(C(=O)c3cc4c(Sc5ccc(Cl)cc5Cl)cc(Cl)cc4[nH]3)CC2)cc1F. The lowest BCUT2D eigenvalue weighted by atomic mass is 10.2. The van der Waals surface area contributed by atoms with Crippen LogP contribution >= 0.6 is 46.6 Å². The molecule has 0 radical (unpaired) electrons. The van der Waals surface area contributed by atoms with Crippen LogP contribution in [-0.2, 0) is 0 Å². The number of anilines is 2. The number of hydrogen-bond acceptors (Lipinski definition) is 4. The Bertz CT molecular complexity index is 1440. The van der Waals surface area contributed by atoms with Crippen molar-refractivity contribution in [3.63, 3.8) is 0 Å². The summed E-state index contributed by atoms with van der Waals surface area (Å²) >= 11 is 20.2. The summed E-state index contributed by atoms with van der Waals surface area (Å²) in [5, 5.41) is 2.54. The van der Waals surface area contributed by atoms with Gasteiger partial charge in [0.05, 0.1) is 10.7 Å². The molecular weight excluding hydrogens is 530 g/mol. The van der Waals surface area contributed by atoms with Gasteiger partial charge in [-0.2, -0.15) is 0 Å². The van der Waals surface area contributed by atoms with Crippen LogP contribution < -0.4 is 10.6 Å². The molecule has 0 unspecified atom stereocenters. The molecule has 180 valence electrons. The van der Waals surface area contributed by atoms with Gasteiger partial charge in [0.15, 0.2) is 0 Å². The maximum Gasteiger partial charge on any atom is 0.270 e. The normalized spacial score (nSPS) is 14.1. The molecule has 1 aliphatic rings. The predicted molar refractivity (Wildman–Crippen MR) is 143 cm³/mol. The van der Waals surface area contributed by atoms with Crippen LogP contribution in [0.15, 0.2) is 64.4 Å². The van der Waals surface area contributed by atoms with Gasteiger partial charge in [0.2, 0.25) is 0 Å². The quantitative estimate of drug-likeness (QED) is 0.270. The van der Waals surface area contributed by atoms with Crippen LogP contribution in [0.5, 0.6) is 0 Å². The number of carbonyl (C=O) groups is 1. The number of aromatic nitrogens is 1. The minimum atomic E-state index is -0.439. The van der Waals surface area contributed by atoms with E-state index < -0.39 is 5.82 Å². The molecule has 0 saturated carbocycles. The van der Waals surface area contributed by atoms with Crippen LogP contribution in [0.1, 0.15) is 10.5 Å². The number of amides is 1. The first-order valence-electron chi connectivity index (χ1n) is 10.8. The van der Waals surface area contributed by atoms with E-state index >= 15 is 0 Å². The number of H-pyrrole nitrogens is 1. The first kappa shape index (κ1) is 24.1. The van der Waals surface area contributed by atoms with Crippen molar-refractivity contribution in [1.82, 2.24) is 9.88 Å². The van der Waals surface area contributed by atoms with Gasteiger partial charge in [0.25, 0.3) is 5.91 Å². The van der Waals surface area contributed by atoms with Crippen LogP contribution in [0.4, 0.5) is 15.8 Å². The summed E-state index contributed by atoms with van der Waals surface area (Å²) < 4.78 is 13.9. The van der Waals surface area contributed by atoms with E-state index in [1.54, 1.807) is 35.2 Å². The van der Waals surface area contributed by atoms with Crippen LogP contribution in [0, 0.1) is 5.82 Å². The number of hydrogen-bond donors (Lipinski definition) is 2. The lowest BCUT2D eigenvalue weighted by Gasteiger charge is -2.36. The second-order valence-corrected chi connectivity index (χ2v) is 10.6. The summed E-state index contributed by atoms with van der Waals surface area (Å²) in [7, 11) is 0. The molecule has 5 nitrogen and oxygen atoms in total. The number of nitrogen functional groups attached to an aromatic ring is 1. The molecule has 10 heteroatoms. The number of nitrogens with one attached hydrogen (secondary N) is 1. The molecule has 35 heavy (non-hydrogen) atoms. The van der Waals surface area contributed by atoms with Crippen molar-refractivity contribution in [3.8, 4) is 0 Å². The maximum atomic E-state index is 13.9. The first-order valence-corrected chi connectivity index (χ1v) is 12.8. The van der Waals surface area contributed by atoms with Gasteiger partial charge >= 0.3 is 0 Å². The van der Waals surface area contributed by atoms with Crippen LogP contribution in [0.25, 0.3) is 10.9 Å². The molecule has 1 fully saturated rings. The molecule has 2 heterocycles. The maximum absolute atomic E-state index is 13.9. The summed E-state index contributed by atoms with van der Waals surface area (Å²) in [6, 6.07) is 15.6. The van der Waals surface area contributed by atoms with Crippen molar-refractivity contribution in [2.24, 2.45) is 0 Å². The number of rotatable bonds is 4. The van der Waals surface area contributed by atoms with E-state index in [1.165, 1.54) is 17.8 Å². The Morgan fingerprint density at radius 2 is 1.69 bits per heavy atom. The van der Waals surface area contributed by atoms with Crippen LogP contribution in [-0.4, -0.2) is 42.0 Å². The van der Waals surface area contributed by atoms with E-state index in [9.17, 15) is 9.18 Å². The Labute approximate surface area is 220 Å². The number of benzene rings is 3. The number of nitrogens with zero attached hydrogens (tertiary/aromatic N) is 2.